The molecular formula is C32H36F3N5O4. The SMILES string of the molecule is O=C(Cc1ccc(N2CCN(C(=O)OC3CCCC3)CC2)nc1)c1oc(N2CCC(c3ccccc3)CC2)nc1C(F)(F)F. The minimum Gasteiger partial charge on any atom is -0.446 e. The Hall–Kier alpha value is -4.09. The predicted molar refractivity (Wildman–Crippen MR) is 157 cm³/mol. The minimum absolute atomic E-state index is 0.0191. The van der Waals surface area contributed by atoms with Gasteiger partial charge in [0.15, 0.2) is 5.69 Å². The second kappa shape index (κ2) is 12.9. The molecule has 1 aromatic carbocycles. The van der Waals surface area contributed by atoms with Gasteiger partial charge >= 0.3 is 12.3 Å². The van der Waals surface area contributed by atoms with Gasteiger partial charge in [0.25, 0.3) is 6.01 Å². The Labute approximate surface area is 254 Å². The van der Waals surface area contributed by atoms with E-state index in [9.17, 15) is 22.8 Å². The van der Waals surface area contributed by atoms with Crippen LogP contribution in [-0.2, 0) is 17.3 Å². The fraction of sp³-hybridized carbons (Fsp3) is 0.500. The zero-order valence-corrected chi connectivity index (χ0v) is 24.5. The molecule has 0 radical (unpaired) electrons. The number of piperidine rings is 1. The van der Waals surface area contributed by atoms with Gasteiger partial charge in [0.05, 0.1) is 0 Å². The number of aromatic nitrogens is 2. The maximum Gasteiger partial charge on any atom is 0.437 e. The Bertz CT molecular complexity index is 1420. The number of pyridine rings is 1. The number of anilines is 2. The van der Waals surface area contributed by atoms with Crippen LogP contribution in [0.3, 0.4) is 0 Å². The van der Waals surface area contributed by atoms with E-state index >= 15 is 0 Å². The lowest BCUT2D eigenvalue weighted by molar-refractivity contribution is -0.141. The molecule has 2 aliphatic heterocycles. The van der Waals surface area contributed by atoms with Gasteiger partial charge < -0.3 is 23.9 Å². The maximum atomic E-state index is 13.9. The highest BCUT2D eigenvalue weighted by Crippen LogP contribution is 2.37. The van der Waals surface area contributed by atoms with Crippen LogP contribution in [0.1, 0.15) is 71.8 Å². The third-order valence-corrected chi connectivity index (χ3v) is 8.78. The van der Waals surface area contributed by atoms with Crippen molar-refractivity contribution in [2.45, 2.75) is 63.1 Å². The van der Waals surface area contributed by atoms with Crippen LogP contribution >= 0.6 is 0 Å². The van der Waals surface area contributed by atoms with Crippen molar-refractivity contribution < 1.29 is 31.9 Å². The number of alkyl halides is 3. The van der Waals surface area contributed by atoms with Crippen LogP contribution < -0.4 is 9.80 Å². The molecule has 0 bridgehead atoms. The van der Waals surface area contributed by atoms with E-state index in [0.717, 1.165) is 38.5 Å². The molecule has 0 N–H and O–H groups in total. The Morgan fingerprint density at radius 3 is 2.23 bits per heavy atom. The first-order chi connectivity index (χ1) is 21.2. The number of benzene rings is 1. The zero-order chi connectivity index (χ0) is 30.7. The number of nitrogens with zero attached hydrogens (tertiary/aromatic N) is 5. The highest BCUT2D eigenvalue weighted by Gasteiger charge is 2.42. The molecular weight excluding hydrogens is 575 g/mol. The van der Waals surface area contributed by atoms with Gasteiger partial charge in [0.1, 0.15) is 11.9 Å². The van der Waals surface area contributed by atoms with Gasteiger partial charge in [-0.2, -0.15) is 18.2 Å². The number of halogens is 3. The quantitative estimate of drug-likeness (QED) is 0.296. The molecule has 1 saturated carbocycles. The third-order valence-electron chi connectivity index (χ3n) is 8.78. The number of ketones is 1. The van der Waals surface area contributed by atoms with Gasteiger partial charge in [-0.25, -0.2) is 9.78 Å². The first-order valence-electron chi connectivity index (χ1n) is 15.3. The van der Waals surface area contributed by atoms with E-state index in [1.807, 2.05) is 23.1 Å². The van der Waals surface area contributed by atoms with Gasteiger partial charge in [0.2, 0.25) is 11.5 Å². The Morgan fingerprint density at radius 1 is 0.886 bits per heavy atom. The van der Waals surface area contributed by atoms with Crippen molar-refractivity contribution in [3.63, 3.8) is 0 Å². The smallest absolute Gasteiger partial charge is 0.437 e. The van der Waals surface area contributed by atoms with Crippen molar-refractivity contribution in [2.75, 3.05) is 49.1 Å². The van der Waals surface area contributed by atoms with E-state index in [4.69, 9.17) is 9.15 Å². The van der Waals surface area contributed by atoms with E-state index in [1.54, 1.807) is 21.9 Å². The van der Waals surface area contributed by atoms with Gasteiger partial charge in [-0.15, -0.1) is 0 Å². The molecule has 2 saturated heterocycles. The van der Waals surface area contributed by atoms with E-state index in [2.05, 4.69) is 22.1 Å². The second-order valence-corrected chi connectivity index (χ2v) is 11.7. The van der Waals surface area contributed by atoms with Gasteiger partial charge in [-0.1, -0.05) is 36.4 Å². The van der Waals surface area contributed by atoms with E-state index < -0.39 is 23.4 Å². The van der Waals surface area contributed by atoms with Crippen molar-refractivity contribution in [2.24, 2.45) is 0 Å². The molecule has 3 fully saturated rings. The fourth-order valence-corrected chi connectivity index (χ4v) is 6.27. The molecule has 2 aromatic heterocycles. The summed E-state index contributed by atoms with van der Waals surface area (Å²) in [5.74, 6) is -0.605. The molecule has 4 heterocycles. The van der Waals surface area contributed by atoms with E-state index in [-0.39, 0.29) is 24.6 Å². The molecule has 9 nitrogen and oxygen atoms in total. The first kappa shape index (κ1) is 30.0. The normalized spacial score (nSPS) is 18.6. The van der Waals surface area contributed by atoms with Crippen molar-refractivity contribution in [1.29, 1.82) is 0 Å². The summed E-state index contributed by atoms with van der Waals surface area (Å²) in [6.45, 7) is 3.11. The lowest BCUT2D eigenvalue weighted by atomic mass is 9.90. The minimum atomic E-state index is -4.83. The van der Waals surface area contributed by atoms with Crippen LogP contribution in [0.5, 0.6) is 0 Å². The van der Waals surface area contributed by atoms with Crippen molar-refractivity contribution in [1.82, 2.24) is 14.9 Å². The lowest BCUT2D eigenvalue weighted by Crippen LogP contribution is -2.49. The highest BCUT2D eigenvalue weighted by molar-refractivity contribution is 5.96. The molecule has 0 unspecified atom stereocenters. The highest BCUT2D eigenvalue weighted by atomic mass is 19.4. The average Bonchev–Trinajstić information content (AvgIpc) is 3.73. The number of oxazole rings is 1. The number of carbonyl (C=O) groups excluding carboxylic acids is 2. The number of carbonyl (C=O) groups is 2. The number of ether oxygens (including phenoxy) is 1. The number of rotatable bonds is 7. The molecule has 3 aliphatic rings. The van der Waals surface area contributed by atoms with Gasteiger partial charge in [-0.05, 0) is 61.6 Å². The molecule has 0 atom stereocenters. The van der Waals surface area contributed by atoms with Crippen LogP contribution in [-0.4, -0.2) is 72.1 Å². The summed E-state index contributed by atoms with van der Waals surface area (Å²) in [5.41, 5.74) is 0.372. The summed E-state index contributed by atoms with van der Waals surface area (Å²) in [6, 6.07) is 13.3. The summed E-state index contributed by atoms with van der Waals surface area (Å²) < 4.78 is 52.8. The predicted octanol–water partition coefficient (Wildman–Crippen LogP) is 6.10. The Morgan fingerprint density at radius 2 is 1.59 bits per heavy atom. The summed E-state index contributed by atoms with van der Waals surface area (Å²) >= 11 is 0. The average molecular weight is 612 g/mol. The number of Topliss-reactive ketones (excluding diaryl/α,β-unsaturated/α-hetero) is 1. The molecule has 0 spiro atoms. The summed E-state index contributed by atoms with van der Waals surface area (Å²) in [4.78, 5) is 39.1. The number of hydrogen-bond donors (Lipinski definition) is 0. The number of piperazine rings is 1. The molecule has 1 amide bonds. The summed E-state index contributed by atoms with van der Waals surface area (Å²) in [6.07, 6.45) is 1.63. The molecule has 1 aliphatic carbocycles. The number of amides is 1. The maximum absolute atomic E-state index is 13.9. The van der Waals surface area contributed by atoms with Crippen LogP contribution in [0, 0.1) is 0 Å². The third kappa shape index (κ3) is 6.84. The van der Waals surface area contributed by atoms with Crippen LogP contribution in [0.25, 0.3) is 0 Å². The first-order valence-corrected chi connectivity index (χ1v) is 15.3. The second-order valence-electron chi connectivity index (χ2n) is 11.7. The van der Waals surface area contributed by atoms with Crippen LogP contribution in [0.4, 0.5) is 29.8 Å². The molecule has 6 rings (SSSR count). The van der Waals surface area contributed by atoms with Crippen molar-refractivity contribution in [3.8, 4) is 0 Å². The van der Waals surface area contributed by atoms with Crippen LogP contribution in [0.2, 0.25) is 0 Å². The molecule has 234 valence electrons. The monoisotopic (exact) mass is 611 g/mol. The standard InChI is InChI=1S/C32H36F3N5O4/c33-32(34,35)29-28(44-30(37-29)39-14-12-24(13-15-39)23-6-2-1-3-7-23)26(41)20-22-10-11-27(36-21-22)38-16-18-40(19-17-38)31(42)43-25-8-4-5-9-25/h1-3,6-7,10-11,21,24-25H,4-5,8-9,12-20H2. The topological polar surface area (TPSA) is 92.0 Å². The van der Waals surface area contributed by atoms with Gasteiger partial charge in [0, 0.05) is 51.9 Å². The van der Waals surface area contributed by atoms with E-state index in [1.165, 1.54) is 11.8 Å². The molecule has 12 heteroatoms. The lowest BCUT2D eigenvalue weighted by Gasteiger charge is -2.35. The Kier molecular flexibility index (Phi) is 8.76. The van der Waals surface area contributed by atoms with Crippen molar-refractivity contribution in [3.05, 3.63) is 71.2 Å². The summed E-state index contributed by atoms with van der Waals surface area (Å²) in [7, 11) is 0. The Balaban J connectivity index is 1.05. The van der Waals surface area contributed by atoms with Gasteiger partial charge in [-0.3, -0.25) is 4.79 Å². The van der Waals surface area contributed by atoms with E-state index in [0.29, 0.717) is 56.6 Å². The molecule has 44 heavy (non-hydrogen) atoms. The van der Waals surface area contributed by atoms with Crippen LogP contribution in [0.15, 0.2) is 53.1 Å². The number of hydrogen-bond acceptors (Lipinski definition) is 8. The fourth-order valence-electron chi connectivity index (χ4n) is 6.27. The summed E-state index contributed by atoms with van der Waals surface area (Å²) in [5, 5.41) is 0. The molecule has 3 aromatic rings. The largest absolute Gasteiger partial charge is 0.446 e. The zero-order valence-electron chi connectivity index (χ0n) is 24.5. The van der Waals surface area contributed by atoms with Crippen molar-refractivity contribution >= 4 is 23.7 Å².